The van der Waals surface area contributed by atoms with Crippen LogP contribution in [0.15, 0.2) is 42.7 Å². The molecule has 136 valence electrons. The minimum Gasteiger partial charge on any atom is -0.338 e. The fraction of sp³-hybridized carbons (Fsp3) is 0.350. The van der Waals surface area contributed by atoms with Crippen molar-refractivity contribution >= 4 is 17.5 Å². The molecule has 1 aliphatic heterocycles. The molecule has 6 nitrogen and oxygen atoms in total. The molecule has 1 aromatic carbocycles. The smallest absolute Gasteiger partial charge is 0.255 e. The second kappa shape index (κ2) is 8.10. The molecule has 2 N–H and O–H groups in total. The highest BCUT2D eigenvalue weighted by atomic mass is 16.2. The van der Waals surface area contributed by atoms with E-state index in [0.717, 1.165) is 31.6 Å². The molecule has 0 bridgehead atoms. The van der Waals surface area contributed by atoms with Gasteiger partial charge in [0.15, 0.2) is 0 Å². The number of rotatable bonds is 5. The molecule has 26 heavy (non-hydrogen) atoms. The number of carbonyl (C=O) groups excluding carboxylic acids is 2. The fourth-order valence-electron chi connectivity index (χ4n) is 3.34. The highest BCUT2D eigenvalue weighted by Gasteiger charge is 2.28. The van der Waals surface area contributed by atoms with Crippen molar-refractivity contribution in [1.29, 1.82) is 0 Å². The number of para-hydroxylation sites is 1. The van der Waals surface area contributed by atoms with Gasteiger partial charge in [0.05, 0.1) is 11.3 Å². The minimum atomic E-state index is -0.245. The summed E-state index contributed by atoms with van der Waals surface area (Å²) in [7, 11) is 1.93. The third-order valence-electron chi connectivity index (χ3n) is 4.75. The van der Waals surface area contributed by atoms with Gasteiger partial charge in [0.2, 0.25) is 0 Å². The van der Waals surface area contributed by atoms with Gasteiger partial charge < -0.3 is 15.5 Å². The molecule has 2 aromatic rings. The molecule has 6 heteroatoms. The van der Waals surface area contributed by atoms with E-state index in [4.69, 9.17) is 0 Å². The number of aryl methyl sites for hydroxylation is 1. The van der Waals surface area contributed by atoms with Crippen LogP contribution in [-0.2, 0) is 0 Å². The maximum absolute atomic E-state index is 13.0. The van der Waals surface area contributed by atoms with Crippen molar-refractivity contribution in [2.45, 2.75) is 13.3 Å². The summed E-state index contributed by atoms with van der Waals surface area (Å²) < 4.78 is 0. The van der Waals surface area contributed by atoms with Crippen molar-refractivity contribution in [3.63, 3.8) is 0 Å². The van der Waals surface area contributed by atoms with Gasteiger partial charge in [-0.2, -0.15) is 0 Å². The molecular formula is C20H24N4O2. The van der Waals surface area contributed by atoms with Crippen molar-refractivity contribution in [3.8, 4) is 0 Å². The monoisotopic (exact) mass is 352 g/mol. The van der Waals surface area contributed by atoms with Crippen LogP contribution in [0.25, 0.3) is 0 Å². The number of nitrogens with one attached hydrogen (secondary N) is 2. The minimum absolute atomic E-state index is 0.0302. The Hall–Kier alpha value is -2.73. The highest BCUT2D eigenvalue weighted by Crippen LogP contribution is 2.25. The molecule has 1 unspecified atom stereocenters. The van der Waals surface area contributed by atoms with E-state index in [1.54, 1.807) is 30.6 Å². The number of carbonyl (C=O) groups is 2. The first kappa shape index (κ1) is 18.1. The van der Waals surface area contributed by atoms with Crippen LogP contribution in [0.4, 0.5) is 5.69 Å². The first-order chi connectivity index (χ1) is 12.6. The van der Waals surface area contributed by atoms with Crippen molar-refractivity contribution in [2.75, 3.05) is 32.0 Å². The lowest BCUT2D eigenvalue weighted by Crippen LogP contribution is -2.31. The van der Waals surface area contributed by atoms with Crippen LogP contribution in [0.5, 0.6) is 0 Å². The number of amides is 2. The number of anilines is 1. The van der Waals surface area contributed by atoms with Gasteiger partial charge in [-0.25, -0.2) is 0 Å². The summed E-state index contributed by atoms with van der Waals surface area (Å²) in [4.78, 5) is 31.4. The van der Waals surface area contributed by atoms with Gasteiger partial charge in [0, 0.05) is 31.0 Å². The first-order valence-corrected chi connectivity index (χ1v) is 8.85. The second-order valence-corrected chi connectivity index (χ2v) is 6.65. The number of hydrogen-bond donors (Lipinski definition) is 2. The van der Waals surface area contributed by atoms with Crippen LogP contribution in [0, 0.1) is 12.8 Å². The number of likely N-dealkylation sites (tertiary alicyclic amines) is 1. The van der Waals surface area contributed by atoms with Gasteiger partial charge in [-0.05, 0) is 56.6 Å². The normalized spacial score (nSPS) is 16.5. The highest BCUT2D eigenvalue weighted by molar-refractivity contribution is 6.09. The number of nitrogens with zero attached hydrogens (tertiary/aromatic N) is 2. The Morgan fingerprint density at radius 2 is 2.00 bits per heavy atom. The van der Waals surface area contributed by atoms with E-state index >= 15 is 0 Å². The molecule has 1 fully saturated rings. The standard InChI is InChI=1S/C20H24N4O2/c1-14-4-3-5-17(20(26)24-11-8-15(13-24)12-21-2)18(14)23-19(25)16-6-9-22-10-7-16/h3-7,9-10,15,21H,8,11-13H2,1-2H3,(H,23,25). The molecular weight excluding hydrogens is 328 g/mol. The van der Waals surface area contributed by atoms with Crippen LogP contribution >= 0.6 is 0 Å². The molecule has 0 radical (unpaired) electrons. The molecule has 3 rings (SSSR count). The number of hydrogen-bond acceptors (Lipinski definition) is 4. The van der Waals surface area contributed by atoms with Crippen molar-refractivity contribution in [1.82, 2.24) is 15.2 Å². The molecule has 2 heterocycles. The SMILES string of the molecule is CNCC1CCN(C(=O)c2cccc(C)c2NC(=O)c2ccncc2)C1. The molecule has 1 aliphatic rings. The van der Waals surface area contributed by atoms with E-state index in [2.05, 4.69) is 15.6 Å². The zero-order valence-electron chi connectivity index (χ0n) is 15.2. The zero-order chi connectivity index (χ0) is 18.5. The van der Waals surface area contributed by atoms with Gasteiger partial charge >= 0.3 is 0 Å². The molecule has 0 aliphatic carbocycles. The molecule has 0 spiro atoms. The third-order valence-corrected chi connectivity index (χ3v) is 4.75. The second-order valence-electron chi connectivity index (χ2n) is 6.65. The summed E-state index contributed by atoms with van der Waals surface area (Å²) in [6.07, 6.45) is 4.15. The predicted molar refractivity (Wildman–Crippen MR) is 101 cm³/mol. The largest absolute Gasteiger partial charge is 0.338 e. The average molecular weight is 352 g/mol. The van der Waals surface area contributed by atoms with Crippen LogP contribution in [0.2, 0.25) is 0 Å². The van der Waals surface area contributed by atoms with Crippen LogP contribution in [0.3, 0.4) is 0 Å². The first-order valence-electron chi connectivity index (χ1n) is 8.85. The van der Waals surface area contributed by atoms with E-state index in [1.807, 2.05) is 31.0 Å². The van der Waals surface area contributed by atoms with Gasteiger partial charge in [0.25, 0.3) is 11.8 Å². The van der Waals surface area contributed by atoms with E-state index < -0.39 is 0 Å². The topological polar surface area (TPSA) is 74.3 Å². The molecule has 1 atom stereocenters. The third kappa shape index (κ3) is 3.91. The number of pyridine rings is 1. The summed E-state index contributed by atoms with van der Waals surface area (Å²) >= 11 is 0. The summed E-state index contributed by atoms with van der Waals surface area (Å²) in [6, 6.07) is 8.83. The Morgan fingerprint density at radius 1 is 1.23 bits per heavy atom. The lowest BCUT2D eigenvalue weighted by atomic mass is 10.1. The van der Waals surface area contributed by atoms with Crippen LogP contribution in [-0.4, -0.2) is 48.4 Å². The average Bonchev–Trinajstić information content (AvgIpc) is 3.12. The van der Waals surface area contributed by atoms with Crippen LogP contribution in [0.1, 0.15) is 32.7 Å². The van der Waals surface area contributed by atoms with Crippen molar-refractivity contribution < 1.29 is 9.59 Å². The van der Waals surface area contributed by atoms with E-state index in [-0.39, 0.29) is 11.8 Å². The Labute approximate surface area is 153 Å². The molecule has 2 amide bonds. The van der Waals surface area contributed by atoms with Crippen LogP contribution < -0.4 is 10.6 Å². The van der Waals surface area contributed by atoms with E-state index in [9.17, 15) is 9.59 Å². The summed E-state index contributed by atoms with van der Waals surface area (Å²) in [5.41, 5.74) is 2.50. The Balaban J connectivity index is 1.81. The zero-order valence-corrected chi connectivity index (χ0v) is 15.2. The summed E-state index contributed by atoms with van der Waals surface area (Å²) in [6.45, 7) is 4.29. The molecule has 0 saturated carbocycles. The van der Waals surface area contributed by atoms with E-state index in [0.29, 0.717) is 22.7 Å². The maximum atomic E-state index is 13.0. The summed E-state index contributed by atoms with van der Waals surface area (Å²) in [5.74, 6) is 0.200. The van der Waals surface area contributed by atoms with Crippen molar-refractivity contribution in [3.05, 3.63) is 59.4 Å². The van der Waals surface area contributed by atoms with E-state index in [1.165, 1.54) is 0 Å². The van der Waals surface area contributed by atoms with Gasteiger partial charge in [-0.3, -0.25) is 14.6 Å². The summed E-state index contributed by atoms with van der Waals surface area (Å²) in [5, 5.41) is 6.08. The lowest BCUT2D eigenvalue weighted by Gasteiger charge is -2.20. The number of aromatic nitrogens is 1. The maximum Gasteiger partial charge on any atom is 0.255 e. The Bertz CT molecular complexity index is 792. The number of benzene rings is 1. The predicted octanol–water partition coefficient (Wildman–Crippen LogP) is 2.32. The Kier molecular flexibility index (Phi) is 5.63. The van der Waals surface area contributed by atoms with Gasteiger partial charge in [-0.1, -0.05) is 12.1 Å². The molecule has 1 saturated heterocycles. The Morgan fingerprint density at radius 3 is 2.73 bits per heavy atom. The molecule has 1 aromatic heterocycles. The van der Waals surface area contributed by atoms with Gasteiger partial charge in [-0.15, -0.1) is 0 Å². The quantitative estimate of drug-likeness (QED) is 0.866. The fourth-order valence-corrected chi connectivity index (χ4v) is 3.34. The van der Waals surface area contributed by atoms with Crippen molar-refractivity contribution in [2.24, 2.45) is 5.92 Å². The lowest BCUT2D eigenvalue weighted by molar-refractivity contribution is 0.0788. The van der Waals surface area contributed by atoms with Gasteiger partial charge in [0.1, 0.15) is 0 Å².